The van der Waals surface area contributed by atoms with E-state index in [1.54, 1.807) is 0 Å². The van der Waals surface area contributed by atoms with Gasteiger partial charge in [-0.25, -0.2) is 0 Å². The topological polar surface area (TPSA) is 15.3 Å². The molecule has 2 atom stereocenters. The largest absolute Gasteiger partial charge is 0.311 e. The lowest BCUT2D eigenvalue weighted by Crippen LogP contribution is -2.60. The molecule has 100 valence electrons. The smallest absolute Gasteiger partial charge is 0.0244 e. The van der Waals surface area contributed by atoms with Gasteiger partial charge < -0.3 is 5.32 Å². The van der Waals surface area contributed by atoms with Crippen LogP contribution in [0.2, 0.25) is 0 Å². The molecule has 2 fully saturated rings. The highest BCUT2D eigenvalue weighted by molar-refractivity contribution is 4.93. The molecule has 17 heavy (non-hydrogen) atoms. The summed E-state index contributed by atoms with van der Waals surface area (Å²) >= 11 is 0. The first kappa shape index (κ1) is 13.4. The van der Waals surface area contributed by atoms with E-state index in [1.807, 2.05) is 0 Å². The Bertz CT molecular complexity index is 245. The zero-order valence-corrected chi connectivity index (χ0v) is 12.1. The molecule has 1 saturated carbocycles. The van der Waals surface area contributed by atoms with Crippen LogP contribution in [-0.2, 0) is 0 Å². The third-order valence-corrected chi connectivity index (χ3v) is 4.95. The Kier molecular flexibility index (Phi) is 4.14. The summed E-state index contributed by atoms with van der Waals surface area (Å²) in [4.78, 5) is 2.79. The SMILES string of the molecule is CCC1CN(CC2(C)CCC2)C(C(C)C)CN1. The molecular formula is C15H30N2. The molecule has 2 unspecified atom stereocenters. The summed E-state index contributed by atoms with van der Waals surface area (Å²) in [5.41, 5.74) is 0.628. The molecule has 0 aromatic heterocycles. The van der Waals surface area contributed by atoms with E-state index in [4.69, 9.17) is 0 Å². The van der Waals surface area contributed by atoms with Crippen molar-refractivity contribution < 1.29 is 0 Å². The van der Waals surface area contributed by atoms with Crippen molar-refractivity contribution in [1.82, 2.24) is 10.2 Å². The third kappa shape index (κ3) is 3.03. The number of hydrogen-bond acceptors (Lipinski definition) is 2. The van der Waals surface area contributed by atoms with Crippen molar-refractivity contribution in [2.75, 3.05) is 19.6 Å². The molecule has 1 N–H and O–H groups in total. The van der Waals surface area contributed by atoms with Gasteiger partial charge in [0.25, 0.3) is 0 Å². The second kappa shape index (κ2) is 5.27. The van der Waals surface area contributed by atoms with Crippen LogP contribution in [0.1, 0.15) is 53.4 Å². The van der Waals surface area contributed by atoms with Crippen LogP contribution in [-0.4, -0.2) is 36.6 Å². The molecular weight excluding hydrogens is 208 g/mol. The highest BCUT2D eigenvalue weighted by Gasteiger charge is 2.38. The van der Waals surface area contributed by atoms with Crippen LogP contribution in [0.3, 0.4) is 0 Å². The van der Waals surface area contributed by atoms with E-state index in [0.717, 1.165) is 12.0 Å². The summed E-state index contributed by atoms with van der Waals surface area (Å²) in [6.07, 6.45) is 5.60. The minimum Gasteiger partial charge on any atom is -0.311 e. The average Bonchev–Trinajstić information content (AvgIpc) is 2.26. The van der Waals surface area contributed by atoms with Crippen molar-refractivity contribution in [3.05, 3.63) is 0 Å². The number of nitrogens with zero attached hydrogens (tertiary/aromatic N) is 1. The van der Waals surface area contributed by atoms with E-state index in [1.165, 1.54) is 45.3 Å². The maximum atomic E-state index is 3.71. The normalized spacial score (nSPS) is 33.7. The lowest BCUT2D eigenvalue weighted by atomic mass is 9.69. The molecule has 1 heterocycles. The number of piperazine rings is 1. The van der Waals surface area contributed by atoms with Gasteiger partial charge in [-0.1, -0.05) is 34.1 Å². The molecule has 0 aromatic carbocycles. The summed E-state index contributed by atoms with van der Waals surface area (Å²) < 4.78 is 0. The van der Waals surface area contributed by atoms with Gasteiger partial charge in [-0.3, -0.25) is 4.90 Å². The zero-order chi connectivity index (χ0) is 12.5. The minimum atomic E-state index is 0.628. The van der Waals surface area contributed by atoms with Crippen molar-refractivity contribution in [1.29, 1.82) is 0 Å². The van der Waals surface area contributed by atoms with Crippen LogP contribution in [0.4, 0.5) is 0 Å². The summed E-state index contributed by atoms with van der Waals surface area (Å²) in [5, 5.41) is 3.71. The molecule has 2 aliphatic rings. The molecule has 0 bridgehead atoms. The van der Waals surface area contributed by atoms with Crippen molar-refractivity contribution in [2.24, 2.45) is 11.3 Å². The molecule has 2 nitrogen and oxygen atoms in total. The van der Waals surface area contributed by atoms with Crippen LogP contribution >= 0.6 is 0 Å². The Morgan fingerprint density at radius 1 is 1.35 bits per heavy atom. The molecule has 0 spiro atoms. The number of nitrogens with one attached hydrogen (secondary N) is 1. The van der Waals surface area contributed by atoms with Crippen molar-refractivity contribution >= 4 is 0 Å². The lowest BCUT2D eigenvalue weighted by Gasteiger charge is -2.49. The van der Waals surface area contributed by atoms with E-state index in [9.17, 15) is 0 Å². The second-order valence-corrected chi connectivity index (χ2v) is 6.92. The van der Waals surface area contributed by atoms with E-state index in [2.05, 4.69) is 37.9 Å². The molecule has 2 rings (SSSR count). The Morgan fingerprint density at radius 2 is 2.06 bits per heavy atom. The summed E-state index contributed by atoms with van der Waals surface area (Å²) in [6.45, 7) is 13.3. The van der Waals surface area contributed by atoms with Crippen LogP contribution in [0.5, 0.6) is 0 Å². The van der Waals surface area contributed by atoms with Crippen molar-refractivity contribution in [2.45, 2.75) is 65.5 Å². The quantitative estimate of drug-likeness (QED) is 0.810. The van der Waals surface area contributed by atoms with E-state index < -0.39 is 0 Å². The molecule has 1 aliphatic carbocycles. The highest BCUT2D eigenvalue weighted by atomic mass is 15.2. The maximum Gasteiger partial charge on any atom is 0.0244 e. The molecule has 1 saturated heterocycles. The van der Waals surface area contributed by atoms with Gasteiger partial charge >= 0.3 is 0 Å². The van der Waals surface area contributed by atoms with Gasteiger partial charge in [0.15, 0.2) is 0 Å². The standard InChI is InChI=1S/C15H30N2/c1-5-13-10-17(11-15(4)7-6-8-15)14(9-16-13)12(2)3/h12-14,16H,5-11H2,1-4H3. The van der Waals surface area contributed by atoms with Gasteiger partial charge in [0.05, 0.1) is 0 Å². The maximum absolute atomic E-state index is 3.71. The monoisotopic (exact) mass is 238 g/mol. The fourth-order valence-electron chi connectivity index (χ4n) is 3.44. The van der Waals surface area contributed by atoms with Crippen LogP contribution in [0.15, 0.2) is 0 Å². The van der Waals surface area contributed by atoms with Crippen LogP contribution in [0, 0.1) is 11.3 Å². The molecule has 2 heteroatoms. The number of hydrogen-bond donors (Lipinski definition) is 1. The highest BCUT2D eigenvalue weighted by Crippen LogP contribution is 2.41. The zero-order valence-electron chi connectivity index (χ0n) is 12.1. The van der Waals surface area contributed by atoms with Gasteiger partial charge in [-0.2, -0.15) is 0 Å². The van der Waals surface area contributed by atoms with Gasteiger partial charge in [-0.05, 0) is 30.6 Å². The molecule has 0 radical (unpaired) electrons. The lowest BCUT2D eigenvalue weighted by molar-refractivity contribution is 0.0206. The van der Waals surface area contributed by atoms with Gasteiger partial charge in [0.1, 0.15) is 0 Å². The predicted octanol–water partition coefficient (Wildman–Crippen LogP) is 2.89. The van der Waals surface area contributed by atoms with Crippen molar-refractivity contribution in [3.63, 3.8) is 0 Å². The minimum absolute atomic E-state index is 0.628. The first-order valence-electron chi connectivity index (χ1n) is 7.51. The Morgan fingerprint density at radius 3 is 2.53 bits per heavy atom. The second-order valence-electron chi connectivity index (χ2n) is 6.92. The van der Waals surface area contributed by atoms with Gasteiger partial charge in [-0.15, -0.1) is 0 Å². The van der Waals surface area contributed by atoms with Gasteiger partial charge in [0, 0.05) is 31.7 Å². The molecule has 0 amide bonds. The Labute approximate surface area is 107 Å². The summed E-state index contributed by atoms with van der Waals surface area (Å²) in [5.74, 6) is 0.768. The average molecular weight is 238 g/mol. The van der Waals surface area contributed by atoms with E-state index in [0.29, 0.717) is 11.5 Å². The van der Waals surface area contributed by atoms with Crippen LogP contribution < -0.4 is 5.32 Å². The molecule has 0 aromatic rings. The Hall–Kier alpha value is -0.0800. The summed E-state index contributed by atoms with van der Waals surface area (Å²) in [6, 6.07) is 1.46. The van der Waals surface area contributed by atoms with Gasteiger partial charge in [0.2, 0.25) is 0 Å². The number of rotatable bonds is 4. The van der Waals surface area contributed by atoms with Crippen LogP contribution in [0.25, 0.3) is 0 Å². The predicted molar refractivity (Wildman–Crippen MR) is 74.2 cm³/mol. The Balaban J connectivity index is 1.97. The fraction of sp³-hybridized carbons (Fsp3) is 1.00. The third-order valence-electron chi connectivity index (χ3n) is 4.95. The molecule has 1 aliphatic heterocycles. The van der Waals surface area contributed by atoms with E-state index in [-0.39, 0.29) is 0 Å². The first-order chi connectivity index (χ1) is 8.04. The first-order valence-corrected chi connectivity index (χ1v) is 7.51. The van der Waals surface area contributed by atoms with E-state index >= 15 is 0 Å². The summed E-state index contributed by atoms with van der Waals surface area (Å²) in [7, 11) is 0. The van der Waals surface area contributed by atoms with Crippen molar-refractivity contribution in [3.8, 4) is 0 Å². The fourth-order valence-corrected chi connectivity index (χ4v) is 3.44.